The van der Waals surface area contributed by atoms with Crippen molar-refractivity contribution >= 4 is 12.2 Å². The van der Waals surface area contributed by atoms with Crippen LogP contribution in [0, 0.1) is 4.84 Å². The summed E-state index contributed by atoms with van der Waals surface area (Å²) < 4.78 is 4.99. The Balaban J connectivity index is 0.000000371. The van der Waals surface area contributed by atoms with E-state index < -0.39 is 0 Å². The molecule has 2 nitrogen and oxygen atoms in total. The van der Waals surface area contributed by atoms with Crippen molar-refractivity contribution in [2.45, 2.75) is 27.2 Å². The summed E-state index contributed by atoms with van der Waals surface area (Å²) in [4.78, 5) is 3.23. The Morgan fingerprint density at radius 3 is 2.40 bits per heavy atom. The molecule has 0 radical (unpaired) electrons. The number of hydrogen-bond donors (Lipinski definition) is 1. The van der Waals surface area contributed by atoms with Gasteiger partial charge in [0.2, 0.25) is 0 Å². The summed E-state index contributed by atoms with van der Waals surface area (Å²) >= 11 is 4.68. The number of aromatic nitrogens is 1. The highest BCUT2D eigenvalue weighted by Crippen LogP contribution is 1.97. The monoisotopic (exact) mass is 159 g/mol. The van der Waals surface area contributed by atoms with E-state index in [0.717, 1.165) is 12.2 Å². The van der Waals surface area contributed by atoms with Crippen molar-refractivity contribution in [2.75, 3.05) is 0 Å². The summed E-state index contributed by atoms with van der Waals surface area (Å²) in [5.41, 5.74) is 0. The summed E-state index contributed by atoms with van der Waals surface area (Å²) in [6, 6.07) is 0. The molecular weight excluding hydrogens is 146 g/mol. The lowest BCUT2D eigenvalue weighted by molar-refractivity contribution is 0.495. The standard InChI is InChI=1S/C5H7NOS.C2H6/c1-2-4-3-6-5(8)7-4;1-2/h3H,2H2,1H3,(H,6,8);1-2H3. The lowest BCUT2D eigenvalue weighted by Gasteiger charge is -1.77. The third-order valence-electron chi connectivity index (χ3n) is 0.923. The van der Waals surface area contributed by atoms with Crippen molar-refractivity contribution in [3.05, 3.63) is 16.8 Å². The molecule has 10 heavy (non-hydrogen) atoms. The van der Waals surface area contributed by atoms with Gasteiger partial charge < -0.3 is 9.40 Å². The van der Waals surface area contributed by atoms with Gasteiger partial charge in [-0.2, -0.15) is 0 Å². The van der Waals surface area contributed by atoms with E-state index in [0.29, 0.717) is 4.84 Å². The first-order chi connectivity index (χ1) is 4.83. The highest BCUT2D eigenvalue weighted by atomic mass is 32.1. The van der Waals surface area contributed by atoms with E-state index in [9.17, 15) is 0 Å². The van der Waals surface area contributed by atoms with Crippen molar-refractivity contribution < 1.29 is 4.42 Å². The highest BCUT2D eigenvalue weighted by molar-refractivity contribution is 7.71. The second kappa shape index (κ2) is 5.23. The molecule has 0 aliphatic carbocycles. The van der Waals surface area contributed by atoms with Gasteiger partial charge in [-0.15, -0.1) is 0 Å². The Bertz CT molecular complexity index is 213. The van der Waals surface area contributed by atoms with Crippen molar-refractivity contribution in [3.8, 4) is 0 Å². The van der Waals surface area contributed by atoms with E-state index in [4.69, 9.17) is 4.42 Å². The van der Waals surface area contributed by atoms with Crippen LogP contribution in [0.1, 0.15) is 26.5 Å². The molecule has 0 bridgehead atoms. The van der Waals surface area contributed by atoms with Gasteiger partial charge in [0.1, 0.15) is 5.76 Å². The number of aryl methyl sites for hydroxylation is 1. The Labute approximate surface area is 66.3 Å². The first-order valence-corrected chi connectivity index (χ1v) is 3.91. The van der Waals surface area contributed by atoms with Gasteiger partial charge in [-0.1, -0.05) is 20.8 Å². The van der Waals surface area contributed by atoms with Crippen molar-refractivity contribution in [1.82, 2.24) is 4.98 Å². The first-order valence-electron chi connectivity index (χ1n) is 3.50. The first kappa shape index (κ1) is 9.43. The van der Waals surface area contributed by atoms with Crippen molar-refractivity contribution in [3.63, 3.8) is 0 Å². The van der Waals surface area contributed by atoms with Crippen LogP contribution < -0.4 is 0 Å². The average Bonchev–Trinajstić information content (AvgIpc) is 2.40. The maximum absolute atomic E-state index is 4.99. The zero-order valence-corrected chi connectivity index (χ0v) is 7.42. The second-order valence-corrected chi connectivity index (χ2v) is 1.87. The van der Waals surface area contributed by atoms with Gasteiger partial charge in [0, 0.05) is 12.6 Å². The van der Waals surface area contributed by atoms with Crippen LogP contribution in [-0.2, 0) is 6.42 Å². The van der Waals surface area contributed by atoms with E-state index in [1.54, 1.807) is 6.20 Å². The number of hydrogen-bond acceptors (Lipinski definition) is 2. The maximum Gasteiger partial charge on any atom is 0.266 e. The molecule has 1 aromatic rings. The average molecular weight is 159 g/mol. The fourth-order valence-corrected chi connectivity index (χ4v) is 0.658. The molecule has 0 saturated heterocycles. The third-order valence-corrected chi connectivity index (χ3v) is 1.12. The predicted octanol–water partition coefficient (Wildman–Crippen LogP) is 2.93. The van der Waals surface area contributed by atoms with Gasteiger partial charge in [-0.05, 0) is 12.2 Å². The van der Waals surface area contributed by atoms with Gasteiger partial charge in [0.25, 0.3) is 4.84 Å². The number of nitrogens with one attached hydrogen (secondary N) is 1. The van der Waals surface area contributed by atoms with Crippen LogP contribution in [0.3, 0.4) is 0 Å². The fourth-order valence-electron chi connectivity index (χ4n) is 0.492. The molecule has 0 spiro atoms. The SMILES string of the molecule is CC.CCc1c[nH]c(=S)o1. The summed E-state index contributed by atoms with van der Waals surface area (Å²) in [5.74, 6) is 0.912. The molecule has 0 aliphatic heterocycles. The van der Waals surface area contributed by atoms with E-state index in [2.05, 4.69) is 17.2 Å². The molecule has 0 aliphatic rings. The predicted molar refractivity (Wildman–Crippen MR) is 44.6 cm³/mol. The molecule has 1 N–H and O–H groups in total. The molecule has 0 unspecified atom stereocenters. The van der Waals surface area contributed by atoms with Gasteiger partial charge in [-0.3, -0.25) is 0 Å². The zero-order chi connectivity index (χ0) is 7.98. The topological polar surface area (TPSA) is 28.9 Å². The van der Waals surface area contributed by atoms with Crippen molar-refractivity contribution in [2.24, 2.45) is 0 Å². The normalized spacial score (nSPS) is 8.30. The molecule has 0 aromatic carbocycles. The summed E-state index contributed by atoms with van der Waals surface area (Å²) in [5, 5.41) is 0. The van der Waals surface area contributed by atoms with Crippen molar-refractivity contribution in [1.29, 1.82) is 0 Å². The van der Waals surface area contributed by atoms with E-state index in [-0.39, 0.29) is 0 Å². The smallest absolute Gasteiger partial charge is 0.266 e. The van der Waals surface area contributed by atoms with E-state index >= 15 is 0 Å². The Hall–Kier alpha value is -0.570. The van der Waals surface area contributed by atoms with Gasteiger partial charge >= 0.3 is 0 Å². The zero-order valence-electron chi connectivity index (χ0n) is 6.60. The molecule has 3 heteroatoms. The van der Waals surface area contributed by atoms with Crippen LogP contribution in [0.4, 0.5) is 0 Å². The Morgan fingerprint density at radius 1 is 1.60 bits per heavy atom. The number of H-pyrrole nitrogens is 1. The molecule has 1 aromatic heterocycles. The molecule has 58 valence electrons. The number of oxazole rings is 1. The van der Waals surface area contributed by atoms with Crippen LogP contribution >= 0.6 is 12.2 Å². The van der Waals surface area contributed by atoms with Crippen LogP contribution in [0.5, 0.6) is 0 Å². The van der Waals surface area contributed by atoms with E-state index in [1.807, 2.05) is 20.8 Å². The largest absolute Gasteiger partial charge is 0.435 e. The quantitative estimate of drug-likeness (QED) is 0.638. The Kier molecular flexibility index (Phi) is 4.94. The molecule has 0 amide bonds. The van der Waals surface area contributed by atoms with Crippen LogP contribution in [0.2, 0.25) is 0 Å². The third kappa shape index (κ3) is 2.82. The number of rotatable bonds is 1. The lowest BCUT2D eigenvalue weighted by Crippen LogP contribution is -1.67. The van der Waals surface area contributed by atoms with Crippen LogP contribution in [0.25, 0.3) is 0 Å². The lowest BCUT2D eigenvalue weighted by atomic mass is 10.4. The van der Waals surface area contributed by atoms with E-state index in [1.165, 1.54) is 0 Å². The summed E-state index contributed by atoms with van der Waals surface area (Å²) in [6.07, 6.45) is 2.68. The fraction of sp³-hybridized carbons (Fsp3) is 0.571. The molecule has 1 rings (SSSR count). The van der Waals surface area contributed by atoms with Gasteiger partial charge in [0.15, 0.2) is 0 Å². The van der Waals surface area contributed by atoms with Crippen LogP contribution in [-0.4, -0.2) is 4.98 Å². The Morgan fingerprint density at radius 2 is 2.20 bits per heavy atom. The molecule has 0 fully saturated rings. The molecular formula is C7H13NOS. The van der Waals surface area contributed by atoms with Crippen LogP contribution in [0.15, 0.2) is 10.6 Å². The highest BCUT2D eigenvalue weighted by Gasteiger charge is 1.88. The minimum absolute atomic E-state index is 0.460. The molecule has 0 saturated carbocycles. The maximum atomic E-state index is 4.99. The molecule has 0 atom stereocenters. The number of aromatic amines is 1. The second-order valence-electron chi connectivity index (χ2n) is 1.50. The van der Waals surface area contributed by atoms with Gasteiger partial charge in [0.05, 0.1) is 0 Å². The van der Waals surface area contributed by atoms with Gasteiger partial charge in [-0.25, -0.2) is 0 Å². The summed E-state index contributed by atoms with van der Waals surface area (Å²) in [7, 11) is 0. The summed E-state index contributed by atoms with van der Waals surface area (Å²) in [6.45, 7) is 6.02. The minimum Gasteiger partial charge on any atom is -0.435 e. The molecule has 1 heterocycles. The minimum atomic E-state index is 0.460.